The minimum absolute atomic E-state index is 0.400. The van der Waals surface area contributed by atoms with Gasteiger partial charge in [0.25, 0.3) is 0 Å². The molecule has 0 saturated carbocycles. The van der Waals surface area contributed by atoms with Gasteiger partial charge < -0.3 is 10.4 Å². The van der Waals surface area contributed by atoms with Crippen molar-refractivity contribution in [2.75, 3.05) is 6.54 Å². The molecule has 0 aliphatic carbocycles. The molecule has 1 aromatic rings. The lowest BCUT2D eigenvalue weighted by Crippen LogP contribution is -2.27. The van der Waals surface area contributed by atoms with Gasteiger partial charge in [0.2, 0.25) is 0 Å². The molecule has 1 rings (SSSR count). The molecular formula is C9H13Br2NOS. The van der Waals surface area contributed by atoms with E-state index in [1.807, 2.05) is 6.07 Å². The smallest absolute Gasteiger partial charge is 0.101 e. The second-order valence-electron chi connectivity index (χ2n) is 3.35. The molecule has 1 atom stereocenters. The van der Waals surface area contributed by atoms with Crippen LogP contribution in [0.3, 0.4) is 0 Å². The zero-order valence-electron chi connectivity index (χ0n) is 8.05. The molecular weight excluding hydrogens is 330 g/mol. The molecule has 0 spiro atoms. The number of rotatable bonds is 4. The average molecular weight is 343 g/mol. The van der Waals surface area contributed by atoms with E-state index in [9.17, 15) is 5.11 Å². The van der Waals surface area contributed by atoms with Crippen LogP contribution >= 0.6 is 43.2 Å². The highest BCUT2D eigenvalue weighted by Gasteiger charge is 2.12. The van der Waals surface area contributed by atoms with Crippen molar-refractivity contribution in [3.05, 3.63) is 19.2 Å². The Hall–Kier alpha value is 0.580. The lowest BCUT2D eigenvalue weighted by atomic mass is 10.2. The Bertz CT molecular complexity index is 282. The molecule has 0 fully saturated rings. The molecule has 0 radical (unpaired) electrons. The predicted octanol–water partition coefficient (Wildman–Crippen LogP) is 3.30. The number of thiophene rings is 1. The summed E-state index contributed by atoms with van der Waals surface area (Å²) in [5.41, 5.74) is 0. The fourth-order valence-corrected chi connectivity index (χ4v) is 3.05. The molecule has 1 heterocycles. The highest BCUT2D eigenvalue weighted by Crippen LogP contribution is 2.35. The number of nitrogens with one attached hydrogen (secondary N) is 1. The van der Waals surface area contributed by atoms with Gasteiger partial charge in [-0.2, -0.15) is 0 Å². The summed E-state index contributed by atoms with van der Waals surface area (Å²) in [5, 5.41) is 13.0. The maximum absolute atomic E-state index is 9.81. The fourth-order valence-electron chi connectivity index (χ4n) is 0.975. The summed E-state index contributed by atoms with van der Waals surface area (Å²) in [6.45, 7) is 4.72. The molecule has 0 aliphatic rings. The summed E-state index contributed by atoms with van der Waals surface area (Å²) < 4.78 is 2.03. The Morgan fingerprint density at radius 1 is 1.50 bits per heavy atom. The van der Waals surface area contributed by atoms with Gasteiger partial charge in [0.05, 0.1) is 3.79 Å². The topological polar surface area (TPSA) is 32.3 Å². The van der Waals surface area contributed by atoms with Crippen molar-refractivity contribution in [1.29, 1.82) is 0 Å². The van der Waals surface area contributed by atoms with E-state index < -0.39 is 6.10 Å². The van der Waals surface area contributed by atoms with Gasteiger partial charge in [0.15, 0.2) is 0 Å². The van der Waals surface area contributed by atoms with Gasteiger partial charge in [-0.25, -0.2) is 0 Å². The fraction of sp³-hybridized carbons (Fsp3) is 0.556. The minimum atomic E-state index is -0.426. The predicted molar refractivity (Wildman–Crippen MR) is 67.8 cm³/mol. The monoisotopic (exact) mass is 341 g/mol. The molecule has 0 aromatic carbocycles. The van der Waals surface area contributed by atoms with Crippen LogP contribution in [0.2, 0.25) is 0 Å². The third-order valence-electron chi connectivity index (χ3n) is 1.71. The highest BCUT2D eigenvalue weighted by atomic mass is 79.9. The van der Waals surface area contributed by atoms with Crippen molar-refractivity contribution >= 4 is 43.2 Å². The molecule has 1 aromatic heterocycles. The van der Waals surface area contributed by atoms with Crippen molar-refractivity contribution in [2.45, 2.75) is 26.0 Å². The standard InChI is InChI=1S/C9H13Br2NOS/c1-5(2)12-4-7(13)8-3-6(10)9(11)14-8/h3,5,7,12-13H,4H2,1-2H3/t7-/m0/s1. The van der Waals surface area contributed by atoms with Gasteiger partial charge in [-0.15, -0.1) is 11.3 Å². The summed E-state index contributed by atoms with van der Waals surface area (Å²) in [5.74, 6) is 0. The van der Waals surface area contributed by atoms with Crippen LogP contribution in [0.4, 0.5) is 0 Å². The largest absolute Gasteiger partial charge is 0.386 e. The molecule has 80 valence electrons. The summed E-state index contributed by atoms with van der Waals surface area (Å²) in [6, 6.07) is 2.35. The van der Waals surface area contributed by atoms with Gasteiger partial charge >= 0.3 is 0 Å². The van der Waals surface area contributed by atoms with Gasteiger partial charge in [-0.05, 0) is 37.9 Å². The zero-order valence-corrected chi connectivity index (χ0v) is 12.0. The van der Waals surface area contributed by atoms with E-state index in [2.05, 4.69) is 51.0 Å². The first-order valence-corrected chi connectivity index (χ1v) is 6.77. The van der Waals surface area contributed by atoms with Crippen molar-refractivity contribution in [2.24, 2.45) is 0 Å². The van der Waals surface area contributed by atoms with Crippen LogP contribution in [-0.4, -0.2) is 17.7 Å². The van der Waals surface area contributed by atoms with Crippen LogP contribution in [0, 0.1) is 0 Å². The Kier molecular flexibility index (Phi) is 5.06. The van der Waals surface area contributed by atoms with E-state index in [0.29, 0.717) is 12.6 Å². The number of aliphatic hydroxyl groups is 1. The van der Waals surface area contributed by atoms with Crippen LogP contribution in [-0.2, 0) is 0 Å². The lowest BCUT2D eigenvalue weighted by Gasteiger charge is -2.12. The molecule has 0 unspecified atom stereocenters. The zero-order chi connectivity index (χ0) is 10.7. The summed E-state index contributed by atoms with van der Waals surface area (Å²) in [6.07, 6.45) is -0.426. The first kappa shape index (κ1) is 12.6. The van der Waals surface area contributed by atoms with E-state index in [4.69, 9.17) is 0 Å². The first-order valence-electron chi connectivity index (χ1n) is 4.37. The maximum atomic E-state index is 9.81. The number of halogens is 2. The molecule has 0 saturated heterocycles. The lowest BCUT2D eigenvalue weighted by molar-refractivity contribution is 0.175. The number of hydrogen-bond acceptors (Lipinski definition) is 3. The Labute approximate surface area is 105 Å². The molecule has 0 aliphatic heterocycles. The third-order valence-corrected chi connectivity index (χ3v) is 5.07. The van der Waals surface area contributed by atoms with Crippen molar-refractivity contribution in [3.63, 3.8) is 0 Å². The van der Waals surface area contributed by atoms with E-state index in [1.165, 1.54) is 0 Å². The number of hydrogen-bond donors (Lipinski definition) is 2. The molecule has 14 heavy (non-hydrogen) atoms. The molecule has 2 nitrogen and oxygen atoms in total. The second-order valence-corrected chi connectivity index (χ2v) is 6.61. The Morgan fingerprint density at radius 3 is 2.57 bits per heavy atom. The van der Waals surface area contributed by atoms with Gasteiger partial charge in [0.1, 0.15) is 6.10 Å². The van der Waals surface area contributed by atoms with Gasteiger partial charge in [-0.3, -0.25) is 0 Å². The highest BCUT2D eigenvalue weighted by molar-refractivity contribution is 9.13. The van der Waals surface area contributed by atoms with Crippen LogP contribution < -0.4 is 5.32 Å². The van der Waals surface area contributed by atoms with Crippen LogP contribution in [0.25, 0.3) is 0 Å². The van der Waals surface area contributed by atoms with Crippen molar-refractivity contribution < 1.29 is 5.11 Å². The maximum Gasteiger partial charge on any atom is 0.101 e. The SMILES string of the molecule is CC(C)NC[C@H](O)c1cc(Br)c(Br)s1. The van der Waals surface area contributed by atoms with E-state index in [0.717, 1.165) is 13.1 Å². The third kappa shape index (κ3) is 3.62. The Balaban J connectivity index is 2.56. The van der Waals surface area contributed by atoms with Crippen LogP contribution in [0.5, 0.6) is 0 Å². The molecule has 0 amide bonds. The Morgan fingerprint density at radius 2 is 2.14 bits per heavy atom. The average Bonchev–Trinajstić information content (AvgIpc) is 2.43. The minimum Gasteiger partial charge on any atom is -0.386 e. The molecule has 2 N–H and O–H groups in total. The normalized spacial score (nSPS) is 13.6. The van der Waals surface area contributed by atoms with Crippen molar-refractivity contribution in [3.8, 4) is 0 Å². The van der Waals surface area contributed by atoms with E-state index in [1.54, 1.807) is 11.3 Å². The summed E-state index contributed by atoms with van der Waals surface area (Å²) >= 11 is 8.35. The molecule has 0 bridgehead atoms. The summed E-state index contributed by atoms with van der Waals surface area (Å²) in [7, 11) is 0. The van der Waals surface area contributed by atoms with Crippen LogP contribution in [0.1, 0.15) is 24.8 Å². The summed E-state index contributed by atoms with van der Waals surface area (Å²) in [4.78, 5) is 0.969. The second kappa shape index (κ2) is 5.61. The van der Waals surface area contributed by atoms with E-state index in [-0.39, 0.29) is 0 Å². The van der Waals surface area contributed by atoms with Crippen molar-refractivity contribution in [1.82, 2.24) is 5.32 Å². The van der Waals surface area contributed by atoms with E-state index >= 15 is 0 Å². The number of aliphatic hydroxyl groups excluding tert-OH is 1. The first-order chi connectivity index (χ1) is 6.50. The van der Waals surface area contributed by atoms with Gasteiger partial charge in [-0.1, -0.05) is 13.8 Å². The molecule has 5 heteroatoms. The van der Waals surface area contributed by atoms with Crippen LogP contribution in [0.15, 0.2) is 14.3 Å². The quantitative estimate of drug-likeness (QED) is 0.879. The van der Waals surface area contributed by atoms with Gasteiger partial charge in [0, 0.05) is 21.9 Å².